The van der Waals surface area contributed by atoms with Crippen molar-refractivity contribution >= 4 is 34.9 Å². The van der Waals surface area contributed by atoms with Crippen molar-refractivity contribution < 1.29 is 9.59 Å². The summed E-state index contributed by atoms with van der Waals surface area (Å²) in [5, 5.41) is 8.85. The zero-order chi connectivity index (χ0) is 19.1. The molecule has 0 saturated carbocycles. The molecule has 3 amide bonds. The Labute approximate surface area is 163 Å². The molecule has 27 heavy (non-hydrogen) atoms. The molecule has 1 aromatic heterocycles. The number of hydrogen-bond acceptors (Lipinski definition) is 4. The summed E-state index contributed by atoms with van der Waals surface area (Å²) < 4.78 is 0. The topological polar surface area (TPSA) is 86.4 Å². The molecule has 0 spiro atoms. The lowest BCUT2D eigenvalue weighted by molar-refractivity contribution is -0.117. The summed E-state index contributed by atoms with van der Waals surface area (Å²) in [5.74, 6) is -0.127. The number of piperidine rings is 1. The third kappa shape index (κ3) is 5.94. The van der Waals surface area contributed by atoms with Gasteiger partial charge in [-0.3, -0.25) is 9.69 Å². The fraction of sp³-hybridized carbons (Fsp3) is 0.316. The van der Waals surface area contributed by atoms with Crippen LogP contribution in [0.5, 0.6) is 0 Å². The molecule has 1 saturated heterocycles. The minimum Gasteiger partial charge on any atom is -0.335 e. The van der Waals surface area contributed by atoms with Gasteiger partial charge in [-0.1, -0.05) is 29.8 Å². The number of rotatable bonds is 5. The fourth-order valence-electron chi connectivity index (χ4n) is 2.98. The molecule has 3 rings (SSSR count). The average molecular weight is 388 g/mol. The first-order chi connectivity index (χ1) is 13.1. The number of carbonyl (C=O) groups excluding carboxylic acids is 2. The summed E-state index contributed by atoms with van der Waals surface area (Å²) in [6.45, 7) is 1.77. The maximum Gasteiger partial charge on any atom is 0.319 e. The van der Waals surface area contributed by atoms with E-state index in [1.165, 1.54) is 0 Å². The van der Waals surface area contributed by atoms with E-state index in [0.717, 1.165) is 31.6 Å². The SMILES string of the molecule is O=C(CN1CCC(NC(=O)Nc2ccccc2)CC1)Nc1cccnc1Cl. The highest BCUT2D eigenvalue weighted by molar-refractivity contribution is 6.32. The van der Waals surface area contributed by atoms with E-state index >= 15 is 0 Å². The highest BCUT2D eigenvalue weighted by Crippen LogP contribution is 2.17. The Bertz CT molecular complexity index is 779. The second kappa shape index (κ2) is 9.34. The lowest BCUT2D eigenvalue weighted by Gasteiger charge is -2.31. The van der Waals surface area contributed by atoms with Crippen LogP contribution < -0.4 is 16.0 Å². The van der Waals surface area contributed by atoms with Gasteiger partial charge in [0.25, 0.3) is 0 Å². The van der Waals surface area contributed by atoms with E-state index in [9.17, 15) is 9.59 Å². The predicted molar refractivity (Wildman–Crippen MR) is 106 cm³/mol. The molecule has 1 fully saturated rings. The highest BCUT2D eigenvalue weighted by Gasteiger charge is 2.22. The molecule has 142 valence electrons. The first-order valence-corrected chi connectivity index (χ1v) is 9.23. The number of pyridine rings is 1. The molecular formula is C19H22ClN5O2. The van der Waals surface area contributed by atoms with Crippen LogP contribution in [0.15, 0.2) is 48.7 Å². The Morgan fingerprint density at radius 2 is 1.81 bits per heavy atom. The van der Waals surface area contributed by atoms with Crippen molar-refractivity contribution in [2.24, 2.45) is 0 Å². The molecule has 0 bridgehead atoms. The van der Waals surface area contributed by atoms with Gasteiger partial charge in [-0.2, -0.15) is 0 Å². The largest absolute Gasteiger partial charge is 0.335 e. The van der Waals surface area contributed by atoms with E-state index in [4.69, 9.17) is 11.6 Å². The Morgan fingerprint density at radius 1 is 1.07 bits per heavy atom. The zero-order valence-corrected chi connectivity index (χ0v) is 15.6. The molecule has 0 aliphatic carbocycles. The van der Waals surface area contributed by atoms with Crippen LogP contribution in [0.4, 0.5) is 16.2 Å². The van der Waals surface area contributed by atoms with Crippen LogP contribution in [-0.2, 0) is 4.79 Å². The molecule has 0 radical (unpaired) electrons. The average Bonchev–Trinajstić information content (AvgIpc) is 2.66. The maximum absolute atomic E-state index is 12.2. The van der Waals surface area contributed by atoms with Crippen molar-refractivity contribution in [3.8, 4) is 0 Å². The number of halogens is 1. The van der Waals surface area contributed by atoms with E-state index < -0.39 is 0 Å². The van der Waals surface area contributed by atoms with Gasteiger partial charge in [-0.05, 0) is 37.1 Å². The summed E-state index contributed by atoms with van der Waals surface area (Å²) in [4.78, 5) is 30.2. The van der Waals surface area contributed by atoms with Gasteiger partial charge in [0, 0.05) is 31.0 Å². The zero-order valence-electron chi connectivity index (χ0n) is 14.8. The number of aromatic nitrogens is 1. The normalized spacial score (nSPS) is 15.1. The predicted octanol–water partition coefficient (Wildman–Crippen LogP) is 2.96. The van der Waals surface area contributed by atoms with Crippen LogP contribution in [-0.4, -0.2) is 47.5 Å². The lowest BCUT2D eigenvalue weighted by atomic mass is 10.1. The van der Waals surface area contributed by atoms with Crippen molar-refractivity contribution in [3.63, 3.8) is 0 Å². The number of likely N-dealkylation sites (tertiary alicyclic amines) is 1. The van der Waals surface area contributed by atoms with Crippen LogP contribution in [0.1, 0.15) is 12.8 Å². The molecule has 2 heterocycles. The van der Waals surface area contributed by atoms with Gasteiger partial charge >= 0.3 is 6.03 Å². The van der Waals surface area contributed by atoms with Gasteiger partial charge in [0.1, 0.15) is 0 Å². The third-order valence-corrected chi connectivity index (χ3v) is 4.66. The summed E-state index contributed by atoms with van der Waals surface area (Å²) in [6, 6.07) is 12.7. The van der Waals surface area contributed by atoms with Crippen LogP contribution >= 0.6 is 11.6 Å². The second-order valence-electron chi connectivity index (χ2n) is 6.40. The van der Waals surface area contributed by atoms with Crippen molar-refractivity contribution in [1.29, 1.82) is 0 Å². The van der Waals surface area contributed by atoms with Crippen molar-refractivity contribution in [1.82, 2.24) is 15.2 Å². The number of anilines is 2. The molecule has 8 heteroatoms. The van der Waals surface area contributed by atoms with E-state index in [1.807, 2.05) is 30.3 Å². The van der Waals surface area contributed by atoms with Crippen LogP contribution in [0.25, 0.3) is 0 Å². The van der Waals surface area contributed by atoms with Crippen LogP contribution in [0.2, 0.25) is 5.15 Å². The number of carbonyl (C=O) groups is 2. The lowest BCUT2D eigenvalue weighted by Crippen LogP contribution is -2.47. The number of amides is 3. The molecule has 7 nitrogen and oxygen atoms in total. The van der Waals surface area contributed by atoms with E-state index in [0.29, 0.717) is 5.69 Å². The number of urea groups is 1. The second-order valence-corrected chi connectivity index (χ2v) is 6.76. The standard InChI is InChI=1S/C19H22ClN5O2/c20-18-16(7-4-10-21-18)24-17(26)13-25-11-8-15(9-12-25)23-19(27)22-14-5-2-1-3-6-14/h1-7,10,15H,8-9,11-13H2,(H,24,26)(H2,22,23,27). The number of nitrogens with one attached hydrogen (secondary N) is 3. The summed E-state index contributed by atoms with van der Waals surface area (Å²) >= 11 is 5.95. The molecule has 2 aromatic rings. The quantitative estimate of drug-likeness (QED) is 0.688. The van der Waals surface area contributed by atoms with Gasteiger partial charge in [-0.25, -0.2) is 9.78 Å². The number of nitrogens with zero attached hydrogens (tertiary/aromatic N) is 2. The number of benzene rings is 1. The summed E-state index contributed by atoms with van der Waals surface area (Å²) in [7, 11) is 0. The smallest absolute Gasteiger partial charge is 0.319 e. The Hall–Kier alpha value is -2.64. The van der Waals surface area contributed by atoms with Crippen molar-refractivity contribution in [2.75, 3.05) is 30.3 Å². The first-order valence-electron chi connectivity index (χ1n) is 8.85. The first kappa shape index (κ1) is 19.1. The summed E-state index contributed by atoms with van der Waals surface area (Å²) in [5.41, 5.74) is 1.27. The van der Waals surface area contributed by atoms with E-state index in [1.54, 1.807) is 18.3 Å². The molecule has 1 aliphatic rings. The van der Waals surface area contributed by atoms with Gasteiger partial charge in [0.15, 0.2) is 5.15 Å². The third-order valence-electron chi connectivity index (χ3n) is 4.35. The monoisotopic (exact) mass is 387 g/mol. The number of hydrogen-bond donors (Lipinski definition) is 3. The number of para-hydroxylation sites is 1. The van der Waals surface area contributed by atoms with Crippen molar-refractivity contribution in [3.05, 3.63) is 53.8 Å². The Morgan fingerprint density at radius 3 is 2.52 bits per heavy atom. The summed E-state index contributed by atoms with van der Waals surface area (Å²) in [6.07, 6.45) is 3.16. The van der Waals surface area contributed by atoms with Crippen molar-refractivity contribution in [2.45, 2.75) is 18.9 Å². The fourth-order valence-corrected chi connectivity index (χ4v) is 3.15. The maximum atomic E-state index is 12.2. The minimum absolute atomic E-state index is 0.0980. The van der Waals surface area contributed by atoms with Crippen LogP contribution in [0, 0.1) is 0 Å². The van der Waals surface area contributed by atoms with Gasteiger partial charge in [-0.15, -0.1) is 0 Å². The molecule has 0 atom stereocenters. The Balaban J connectivity index is 1.39. The molecular weight excluding hydrogens is 366 g/mol. The molecule has 3 N–H and O–H groups in total. The van der Waals surface area contributed by atoms with Gasteiger partial charge in [0.05, 0.1) is 12.2 Å². The minimum atomic E-state index is -0.205. The van der Waals surface area contributed by atoms with Gasteiger partial charge in [0.2, 0.25) is 5.91 Å². The molecule has 0 unspecified atom stereocenters. The molecule has 1 aliphatic heterocycles. The van der Waals surface area contributed by atoms with Crippen LogP contribution in [0.3, 0.4) is 0 Å². The highest BCUT2D eigenvalue weighted by atomic mass is 35.5. The van der Waals surface area contributed by atoms with E-state index in [2.05, 4.69) is 25.8 Å². The van der Waals surface area contributed by atoms with Gasteiger partial charge < -0.3 is 16.0 Å². The Kier molecular flexibility index (Phi) is 6.62. The van der Waals surface area contributed by atoms with E-state index in [-0.39, 0.29) is 29.7 Å². The molecule has 1 aromatic carbocycles.